The summed E-state index contributed by atoms with van der Waals surface area (Å²) in [7, 11) is 1.26. The summed E-state index contributed by atoms with van der Waals surface area (Å²) in [5, 5.41) is 20.6. The van der Waals surface area contributed by atoms with E-state index < -0.39 is 35.6 Å². The first-order valence-corrected chi connectivity index (χ1v) is 17.3. The van der Waals surface area contributed by atoms with Gasteiger partial charge >= 0.3 is 5.97 Å². The van der Waals surface area contributed by atoms with Crippen molar-refractivity contribution < 1.29 is 37.8 Å². The molecule has 2 aromatic heterocycles. The van der Waals surface area contributed by atoms with Crippen LogP contribution in [0.3, 0.4) is 0 Å². The van der Waals surface area contributed by atoms with E-state index in [0.717, 1.165) is 5.56 Å². The number of amides is 3. The van der Waals surface area contributed by atoms with Crippen LogP contribution in [0.25, 0.3) is 16.9 Å². The first kappa shape index (κ1) is 49.2. The number of nitrogens with one attached hydrogen (secondary N) is 4. The number of hydrogen-bond acceptors (Lipinski definition) is 10. The van der Waals surface area contributed by atoms with E-state index in [9.17, 15) is 33.1 Å². The number of carbonyl (C=O) groups is 4. The summed E-state index contributed by atoms with van der Waals surface area (Å²) in [6.07, 6.45) is 6.96. The van der Waals surface area contributed by atoms with Crippen molar-refractivity contribution >= 4 is 78.1 Å². The summed E-state index contributed by atoms with van der Waals surface area (Å²) in [6.45, 7) is 2.89. The Morgan fingerprint density at radius 1 is 0.964 bits per heavy atom. The fraction of sp³-hybridized carbons (Fsp3) is 0.389. The molecular weight excluding hydrogens is 799 g/mol. The summed E-state index contributed by atoms with van der Waals surface area (Å²) in [5.41, 5.74) is 13.8. The van der Waals surface area contributed by atoms with Gasteiger partial charge in [0.05, 0.1) is 25.0 Å². The zero-order valence-electron chi connectivity index (χ0n) is 30.8. The minimum Gasteiger partial charge on any atom is -0.494 e. The number of nitrogens with zero attached hydrogens (tertiary/aromatic N) is 3. The highest BCUT2D eigenvalue weighted by atomic mass is 35.5. The van der Waals surface area contributed by atoms with Crippen molar-refractivity contribution in [3.8, 4) is 17.0 Å². The van der Waals surface area contributed by atoms with Gasteiger partial charge in [0.15, 0.2) is 23.0 Å². The van der Waals surface area contributed by atoms with E-state index >= 15 is 0 Å². The predicted molar refractivity (Wildman–Crippen MR) is 215 cm³/mol. The van der Waals surface area contributed by atoms with Gasteiger partial charge < -0.3 is 42.6 Å². The van der Waals surface area contributed by atoms with Crippen molar-refractivity contribution in [2.24, 2.45) is 11.5 Å². The molecule has 0 unspecified atom stereocenters. The number of unbranched alkanes of at least 4 members (excludes halogenated alkanes) is 1. The van der Waals surface area contributed by atoms with Crippen LogP contribution in [0.15, 0.2) is 48.9 Å². The number of carbonyl (C=O) groups excluding carboxylic acids is 3. The molecule has 3 amide bonds. The van der Waals surface area contributed by atoms with Crippen molar-refractivity contribution in [2.45, 2.75) is 64.0 Å². The van der Waals surface area contributed by atoms with Gasteiger partial charge in [-0.25, -0.2) is 19.2 Å². The van der Waals surface area contributed by atoms with Crippen molar-refractivity contribution in [3.63, 3.8) is 0 Å². The highest BCUT2D eigenvalue weighted by Gasteiger charge is 2.24. The summed E-state index contributed by atoms with van der Waals surface area (Å²) >= 11 is 0. The number of halogens is 5. The molecule has 308 valence electrons. The van der Waals surface area contributed by atoms with Gasteiger partial charge in [0.2, 0.25) is 17.6 Å². The molecule has 0 saturated carbocycles. The molecule has 2 aromatic carbocycles. The van der Waals surface area contributed by atoms with Crippen LogP contribution in [0, 0.1) is 11.6 Å². The second-order valence-corrected chi connectivity index (χ2v) is 12.2. The number of methoxy groups -OCH3 is 1. The van der Waals surface area contributed by atoms with Crippen LogP contribution in [-0.2, 0) is 20.8 Å². The third-order valence-corrected chi connectivity index (χ3v) is 8.51. The molecule has 9 N–H and O–H groups in total. The molecule has 2 atom stereocenters. The lowest BCUT2D eigenvalue weighted by atomic mass is 10.0. The van der Waals surface area contributed by atoms with Crippen LogP contribution in [0.5, 0.6) is 5.75 Å². The van der Waals surface area contributed by atoms with Crippen LogP contribution in [0.1, 0.15) is 61.4 Å². The smallest absolute Gasteiger partial charge is 0.326 e. The molecule has 56 heavy (non-hydrogen) atoms. The number of carboxylic acid groups (broad SMARTS) is 1. The van der Waals surface area contributed by atoms with Crippen molar-refractivity contribution in [1.82, 2.24) is 30.3 Å². The Bertz CT molecular complexity index is 1940. The van der Waals surface area contributed by atoms with Gasteiger partial charge in [0, 0.05) is 48.7 Å². The molecule has 0 spiro atoms. The minimum atomic E-state index is -1.26. The number of ether oxygens (including phenoxy) is 1. The quantitative estimate of drug-likeness (QED) is 0.0621. The van der Waals surface area contributed by atoms with Gasteiger partial charge in [-0.2, -0.15) is 4.39 Å². The van der Waals surface area contributed by atoms with Crippen LogP contribution in [-0.4, -0.2) is 82.0 Å². The van der Waals surface area contributed by atoms with E-state index in [1.54, 1.807) is 22.7 Å². The topological polar surface area (TPSA) is 228 Å². The summed E-state index contributed by atoms with van der Waals surface area (Å²) in [4.78, 5) is 58.0. The first-order valence-electron chi connectivity index (χ1n) is 17.3. The lowest BCUT2D eigenvalue weighted by molar-refractivity contribution is -0.142. The van der Waals surface area contributed by atoms with Crippen LogP contribution in [0.2, 0.25) is 0 Å². The standard InChI is InChI=1S/C36H45F2N9O6.3ClH/c1-3-21-19-22(45-32-33-44-20-27(47(33)18-17-42-32)24-10-12-28(53-2)31(38)30(24)37)8-9-23(21)34(49)43-16-6-15-41-29(48)13-11-26(36(51)52)46-35(50)25(40)7-4-5-14-39;;;/h8-10,12,17-20,25-26H,3-7,11,13-16,39-40H2,1-2H3,(H,41,48)(H,42,45)(H,43,49)(H,46,50)(H,51,52);3*1H/t25-,26-;;;/m0.../s1. The van der Waals surface area contributed by atoms with Crippen molar-refractivity contribution in [1.29, 1.82) is 0 Å². The number of carboxylic acids is 1. The molecular formula is C36H48Cl3F2N9O6. The van der Waals surface area contributed by atoms with E-state index in [2.05, 4.69) is 31.2 Å². The van der Waals surface area contributed by atoms with E-state index in [4.69, 9.17) is 16.2 Å². The Morgan fingerprint density at radius 2 is 1.70 bits per heavy atom. The van der Waals surface area contributed by atoms with Gasteiger partial charge in [-0.15, -0.1) is 37.2 Å². The average Bonchev–Trinajstić information content (AvgIpc) is 3.58. The Morgan fingerprint density at radius 3 is 2.38 bits per heavy atom. The van der Waals surface area contributed by atoms with Gasteiger partial charge in [0.25, 0.3) is 5.91 Å². The fourth-order valence-corrected chi connectivity index (χ4v) is 5.57. The molecule has 0 radical (unpaired) electrons. The second kappa shape index (κ2) is 24.0. The number of aliphatic carboxylic acids is 1. The normalized spacial score (nSPS) is 11.5. The Kier molecular flexibility index (Phi) is 21.1. The SMILES string of the molecule is CCc1cc(Nc2nccn3c(-c4ccc(OC)c(F)c4F)cnc23)ccc1C(=O)NCCCNC(=O)CC[C@H](NC(=O)[C@@H](N)CCCCN)C(=O)O.Cl.Cl.Cl. The Balaban J connectivity index is 0.00000523. The van der Waals surface area contributed by atoms with Gasteiger partial charge in [0.1, 0.15) is 6.04 Å². The van der Waals surface area contributed by atoms with E-state index in [1.807, 2.05) is 13.0 Å². The molecule has 0 aliphatic heterocycles. The molecule has 0 fully saturated rings. The molecule has 0 aliphatic rings. The van der Waals surface area contributed by atoms with E-state index in [1.165, 1.54) is 31.6 Å². The molecule has 0 saturated heterocycles. The number of aromatic nitrogens is 3. The van der Waals surface area contributed by atoms with Crippen molar-refractivity contribution in [2.75, 3.05) is 32.1 Å². The fourth-order valence-electron chi connectivity index (χ4n) is 5.57. The van der Waals surface area contributed by atoms with E-state index in [0.29, 0.717) is 67.1 Å². The number of aryl methyl sites for hydroxylation is 1. The zero-order chi connectivity index (χ0) is 38.5. The van der Waals surface area contributed by atoms with Crippen LogP contribution >= 0.6 is 37.2 Å². The highest BCUT2D eigenvalue weighted by molar-refractivity contribution is 5.96. The minimum absolute atomic E-state index is 0. The summed E-state index contributed by atoms with van der Waals surface area (Å²) < 4.78 is 35.8. The maximum absolute atomic E-state index is 14.9. The van der Waals surface area contributed by atoms with Gasteiger partial charge in [-0.1, -0.05) is 13.3 Å². The number of rotatable bonds is 20. The third kappa shape index (κ3) is 12.9. The number of nitrogens with two attached hydrogens (primary N) is 2. The number of fused-ring (bicyclic) bond motifs is 1. The molecule has 4 aromatic rings. The lowest BCUT2D eigenvalue weighted by Gasteiger charge is -2.17. The number of imidazole rings is 1. The molecule has 20 heteroatoms. The number of benzene rings is 2. The molecule has 4 rings (SSSR count). The molecule has 15 nitrogen and oxygen atoms in total. The molecule has 0 aliphatic carbocycles. The average molecular weight is 847 g/mol. The monoisotopic (exact) mass is 845 g/mol. The zero-order valence-corrected chi connectivity index (χ0v) is 33.3. The summed E-state index contributed by atoms with van der Waals surface area (Å²) in [5.74, 6) is -4.56. The number of anilines is 2. The molecule has 2 heterocycles. The van der Waals surface area contributed by atoms with Crippen LogP contribution < -0.4 is 37.5 Å². The summed E-state index contributed by atoms with van der Waals surface area (Å²) in [6, 6.07) is 5.84. The van der Waals surface area contributed by atoms with E-state index in [-0.39, 0.29) is 86.3 Å². The predicted octanol–water partition coefficient (Wildman–Crippen LogP) is 4.30. The number of hydrogen-bond donors (Lipinski definition) is 7. The highest BCUT2D eigenvalue weighted by Crippen LogP contribution is 2.31. The van der Waals surface area contributed by atoms with Crippen molar-refractivity contribution in [3.05, 3.63) is 71.7 Å². The molecule has 0 bridgehead atoms. The lowest BCUT2D eigenvalue weighted by Crippen LogP contribution is -2.48. The second-order valence-electron chi connectivity index (χ2n) is 12.2. The maximum atomic E-state index is 14.9. The van der Waals surface area contributed by atoms with Gasteiger partial charge in [-0.3, -0.25) is 18.8 Å². The Labute approximate surface area is 341 Å². The first-order chi connectivity index (χ1) is 25.5. The largest absolute Gasteiger partial charge is 0.494 e. The van der Waals surface area contributed by atoms with Crippen LogP contribution in [0.4, 0.5) is 20.3 Å². The van der Waals surface area contributed by atoms with Gasteiger partial charge in [-0.05, 0) is 74.5 Å². The third-order valence-electron chi connectivity index (χ3n) is 8.51. The Hall–Kier alpha value is -4.81. The maximum Gasteiger partial charge on any atom is 0.326 e.